The molecule has 0 spiro atoms. The lowest BCUT2D eigenvalue weighted by molar-refractivity contribution is -0.812. The second-order valence-corrected chi connectivity index (χ2v) is 10.9. The summed E-state index contributed by atoms with van der Waals surface area (Å²) in [5.41, 5.74) is 0.471. The Morgan fingerprint density at radius 2 is 1.77 bits per heavy atom. The number of hydrogen-bond acceptors (Lipinski definition) is 6. The monoisotopic (exact) mass is 605 g/mol. The first kappa shape index (κ1) is 29.3. The summed E-state index contributed by atoms with van der Waals surface area (Å²) in [6, 6.07) is 13.3. The van der Waals surface area contributed by atoms with Crippen LogP contribution >= 0.6 is 0 Å². The Morgan fingerprint density at radius 1 is 1.05 bits per heavy atom. The highest BCUT2D eigenvalue weighted by Gasteiger charge is 2.54. The second-order valence-electron chi connectivity index (χ2n) is 10.9. The van der Waals surface area contributed by atoms with Gasteiger partial charge in [0.2, 0.25) is 0 Å². The van der Waals surface area contributed by atoms with Gasteiger partial charge in [-0.15, -0.1) is 0 Å². The number of carbonyl (C=O) groups excluding carboxylic acids is 2. The van der Waals surface area contributed by atoms with E-state index in [0.29, 0.717) is 29.7 Å². The Balaban J connectivity index is 1.39. The van der Waals surface area contributed by atoms with Gasteiger partial charge in [-0.1, -0.05) is 24.3 Å². The third-order valence-corrected chi connectivity index (χ3v) is 8.23. The molecule has 0 radical (unpaired) electrons. The molecule has 2 amide bonds. The molecule has 4 aromatic rings. The number of nitrogens with zero attached hydrogens (tertiary/aromatic N) is 2. The van der Waals surface area contributed by atoms with Crippen molar-refractivity contribution in [3.63, 3.8) is 0 Å². The minimum atomic E-state index is -4.49. The highest BCUT2D eigenvalue weighted by Crippen LogP contribution is 2.50. The first-order valence-corrected chi connectivity index (χ1v) is 14.0. The molecular formula is C32H26F3N3O6. The van der Waals surface area contributed by atoms with Crippen molar-refractivity contribution in [2.75, 3.05) is 6.54 Å². The summed E-state index contributed by atoms with van der Waals surface area (Å²) >= 11 is 0. The van der Waals surface area contributed by atoms with E-state index in [1.165, 1.54) is 42.7 Å². The maximum absolute atomic E-state index is 13.7. The van der Waals surface area contributed by atoms with Crippen LogP contribution in [0.4, 0.5) is 13.2 Å². The molecule has 2 aliphatic heterocycles. The minimum absolute atomic E-state index is 0.0320. The molecule has 0 aliphatic carbocycles. The lowest BCUT2D eigenvalue weighted by atomic mass is 9.89. The molecule has 44 heavy (non-hydrogen) atoms. The van der Waals surface area contributed by atoms with E-state index in [9.17, 15) is 37.9 Å². The SMILES string of the molecule is O=C(NCc1ccco1)c1ccc(-c2c(C(=O)O)c(CCc3ccc(C(F)(F)F)cc3)nc3c2C(=O)[N+]2([O-])CCC[C@@H]32)cc1. The van der Waals surface area contributed by atoms with Gasteiger partial charge in [-0.25, -0.2) is 14.6 Å². The van der Waals surface area contributed by atoms with E-state index in [1.54, 1.807) is 12.1 Å². The number of hydrogen-bond donors (Lipinski definition) is 2. The average Bonchev–Trinajstić information content (AvgIpc) is 3.71. The van der Waals surface area contributed by atoms with Crippen LogP contribution in [0.5, 0.6) is 0 Å². The van der Waals surface area contributed by atoms with Gasteiger partial charge in [-0.2, -0.15) is 13.2 Å². The second kappa shape index (κ2) is 11.0. The largest absolute Gasteiger partial charge is 0.624 e. The summed E-state index contributed by atoms with van der Waals surface area (Å²) in [6.07, 6.45) is -1.86. The van der Waals surface area contributed by atoms with Crippen molar-refractivity contribution in [3.8, 4) is 11.1 Å². The van der Waals surface area contributed by atoms with E-state index in [4.69, 9.17) is 4.42 Å². The zero-order valence-corrected chi connectivity index (χ0v) is 23.2. The number of halogens is 3. The van der Waals surface area contributed by atoms with Crippen LogP contribution in [0.3, 0.4) is 0 Å². The van der Waals surface area contributed by atoms with E-state index in [1.807, 2.05) is 0 Å². The number of amides is 2. The molecule has 1 unspecified atom stereocenters. The number of hydroxylamine groups is 3. The van der Waals surface area contributed by atoms with Crippen molar-refractivity contribution in [2.45, 2.75) is 44.4 Å². The third-order valence-electron chi connectivity index (χ3n) is 8.23. The van der Waals surface area contributed by atoms with Gasteiger partial charge >= 0.3 is 18.1 Å². The number of rotatable bonds is 8. The van der Waals surface area contributed by atoms with Crippen LogP contribution < -0.4 is 5.32 Å². The summed E-state index contributed by atoms with van der Waals surface area (Å²) in [5, 5.41) is 26.8. The Labute approximate surface area is 249 Å². The van der Waals surface area contributed by atoms with Crippen LogP contribution in [0.25, 0.3) is 11.1 Å². The number of benzene rings is 2. The number of furan rings is 1. The molecule has 1 fully saturated rings. The Kier molecular flexibility index (Phi) is 7.34. The van der Waals surface area contributed by atoms with Gasteiger partial charge in [0.25, 0.3) is 5.91 Å². The number of carbonyl (C=O) groups is 3. The third kappa shape index (κ3) is 5.16. The first-order chi connectivity index (χ1) is 21.0. The van der Waals surface area contributed by atoms with Gasteiger partial charge < -0.3 is 20.0 Å². The van der Waals surface area contributed by atoms with Crippen molar-refractivity contribution in [1.82, 2.24) is 10.3 Å². The van der Waals surface area contributed by atoms with E-state index >= 15 is 0 Å². The number of aryl methyl sites for hydroxylation is 2. The van der Waals surface area contributed by atoms with Gasteiger partial charge in [-0.3, -0.25) is 9.44 Å². The number of fused-ring (bicyclic) bond motifs is 3. The van der Waals surface area contributed by atoms with Crippen molar-refractivity contribution in [3.05, 3.63) is 117 Å². The number of quaternary nitrogens is 1. The topological polar surface area (TPSA) is 133 Å². The summed E-state index contributed by atoms with van der Waals surface area (Å²) in [6.45, 7) is 0.216. The summed E-state index contributed by atoms with van der Waals surface area (Å²) in [7, 11) is 0. The molecular weight excluding hydrogens is 579 g/mol. The maximum atomic E-state index is 13.7. The molecule has 2 aliphatic rings. The Hall–Kier alpha value is -4.81. The molecule has 226 valence electrons. The lowest BCUT2D eigenvalue weighted by Crippen LogP contribution is -2.41. The van der Waals surface area contributed by atoms with Crippen LogP contribution in [0.15, 0.2) is 71.3 Å². The molecule has 9 nitrogen and oxygen atoms in total. The molecule has 0 bridgehead atoms. The van der Waals surface area contributed by atoms with Crippen molar-refractivity contribution >= 4 is 17.8 Å². The molecule has 1 saturated heterocycles. The number of carboxylic acids is 1. The van der Waals surface area contributed by atoms with Gasteiger partial charge in [0, 0.05) is 24.0 Å². The Bertz CT molecular complexity index is 1750. The summed E-state index contributed by atoms with van der Waals surface area (Å²) < 4.78 is 43.2. The van der Waals surface area contributed by atoms with Gasteiger partial charge in [0.1, 0.15) is 23.1 Å². The number of alkyl halides is 3. The average molecular weight is 606 g/mol. The molecule has 6 rings (SSSR count). The summed E-state index contributed by atoms with van der Waals surface area (Å²) in [4.78, 5) is 43.7. The van der Waals surface area contributed by atoms with Crippen molar-refractivity contribution in [2.24, 2.45) is 0 Å². The predicted octanol–water partition coefficient (Wildman–Crippen LogP) is 6.08. The van der Waals surface area contributed by atoms with E-state index < -0.39 is 40.2 Å². The molecule has 4 heterocycles. The molecule has 2 atom stereocenters. The normalized spacial score (nSPS) is 19.1. The van der Waals surface area contributed by atoms with Crippen LogP contribution in [-0.2, 0) is 25.6 Å². The fourth-order valence-corrected chi connectivity index (χ4v) is 6.06. The maximum Gasteiger partial charge on any atom is 0.416 e. The number of aromatic carboxylic acids is 1. The van der Waals surface area contributed by atoms with Crippen LogP contribution in [-0.4, -0.2) is 39.1 Å². The van der Waals surface area contributed by atoms with Gasteiger partial charge in [0.05, 0.1) is 36.2 Å². The molecule has 2 N–H and O–H groups in total. The van der Waals surface area contributed by atoms with Crippen molar-refractivity contribution in [1.29, 1.82) is 0 Å². The number of pyridine rings is 1. The zero-order chi connectivity index (χ0) is 31.2. The number of aromatic nitrogens is 1. The van der Waals surface area contributed by atoms with Crippen molar-refractivity contribution < 1.29 is 41.7 Å². The van der Waals surface area contributed by atoms with E-state index in [2.05, 4.69) is 10.3 Å². The van der Waals surface area contributed by atoms with E-state index in [0.717, 1.165) is 12.1 Å². The quantitative estimate of drug-likeness (QED) is 0.184. The minimum Gasteiger partial charge on any atom is -0.624 e. The number of nitrogens with one attached hydrogen (secondary N) is 1. The van der Waals surface area contributed by atoms with E-state index in [-0.39, 0.29) is 59.6 Å². The van der Waals surface area contributed by atoms with Gasteiger partial charge in [-0.05, 0) is 60.4 Å². The highest BCUT2D eigenvalue weighted by molar-refractivity contribution is 6.08. The van der Waals surface area contributed by atoms with Crippen LogP contribution in [0.1, 0.15) is 78.2 Å². The lowest BCUT2D eigenvalue weighted by Gasteiger charge is -2.35. The Morgan fingerprint density at radius 3 is 2.41 bits per heavy atom. The van der Waals surface area contributed by atoms with Crippen LogP contribution in [0.2, 0.25) is 0 Å². The molecule has 2 aromatic carbocycles. The highest BCUT2D eigenvalue weighted by atomic mass is 19.4. The molecule has 2 aromatic heterocycles. The standard InChI is InChI=1S/C32H26F3N3O6/c33-32(34,35)21-12-5-18(6-13-21)7-14-23-26(31(41)42)25(27-28(37-23)24-4-1-15-38(24,43)30(27)40)19-8-10-20(11-9-19)29(39)36-17-22-3-2-16-44-22/h2-3,5-6,8-13,16,24H,1,4,7,14-15,17H2,(H,36,39)(H,41,42)/t24-,38?/m0/s1. The molecule has 12 heteroatoms. The smallest absolute Gasteiger partial charge is 0.416 e. The zero-order valence-electron chi connectivity index (χ0n) is 23.2. The fourth-order valence-electron chi connectivity index (χ4n) is 6.06. The predicted molar refractivity (Wildman–Crippen MR) is 150 cm³/mol. The summed E-state index contributed by atoms with van der Waals surface area (Å²) in [5.74, 6) is -1.95. The molecule has 0 saturated carbocycles. The van der Waals surface area contributed by atoms with Crippen LogP contribution in [0, 0.1) is 5.21 Å². The first-order valence-electron chi connectivity index (χ1n) is 14.0. The number of carboxylic acid groups (broad SMARTS) is 1. The van der Waals surface area contributed by atoms with Gasteiger partial charge in [0.15, 0.2) is 0 Å². The fraction of sp³-hybridized carbons (Fsp3) is 0.250.